The molecule has 0 radical (unpaired) electrons. The minimum absolute atomic E-state index is 0. The first-order valence-electron chi connectivity index (χ1n) is 5.57. The van der Waals surface area contributed by atoms with Crippen LogP contribution in [0.5, 0.6) is 5.88 Å². The third-order valence-electron chi connectivity index (χ3n) is 2.90. The molecule has 4 heteroatoms. The predicted octanol–water partition coefficient (Wildman–Crippen LogP) is 2.25. The molecule has 1 aromatic heterocycles. The molecular weight excluding hydrogens is 224 g/mol. The second-order valence-corrected chi connectivity index (χ2v) is 4.12. The number of nitrogens with zero attached hydrogens (tertiary/aromatic N) is 1. The van der Waals surface area contributed by atoms with Crippen LogP contribution in [0.15, 0.2) is 12.1 Å². The van der Waals surface area contributed by atoms with Crippen LogP contribution in [0.1, 0.15) is 24.1 Å². The molecule has 1 saturated heterocycles. The molecule has 0 spiro atoms. The molecule has 2 heterocycles. The summed E-state index contributed by atoms with van der Waals surface area (Å²) in [5.41, 5.74) is 2.27. The summed E-state index contributed by atoms with van der Waals surface area (Å²) in [7, 11) is 0. The summed E-state index contributed by atoms with van der Waals surface area (Å²) in [6.07, 6.45) is 2.49. The van der Waals surface area contributed by atoms with E-state index in [0.29, 0.717) is 6.10 Å². The summed E-state index contributed by atoms with van der Waals surface area (Å²) in [5.74, 6) is 0.769. The molecule has 3 nitrogen and oxygen atoms in total. The highest BCUT2D eigenvalue weighted by Crippen LogP contribution is 2.16. The van der Waals surface area contributed by atoms with Crippen LogP contribution >= 0.6 is 12.4 Å². The van der Waals surface area contributed by atoms with Gasteiger partial charge in [0.05, 0.1) is 0 Å². The zero-order valence-electron chi connectivity index (χ0n) is 9.82. The van der Waals surface area contributed by atoms with Crippen molar-refractivity contribution in [2.75, 3.05) is 13.1 Å². The number of halogens is 1. The fourth-order valence-corrected chi connectivity index (χ4v) is 1.76. The quantitative estimate of drug-likeness (QED) is 0.864. The highest BCUT2D eigenvalue weighted by atomic mass is 35.5. The molecule has 1 fully saturated rings. The van der Waals surface area contributed by atoms with Gasteiger partial charge in [0.15, 0.2) is 0 Å². The first-order chi connectivity index (χ1) is 7.25. The van der Waals surface area contributed by atoms with Gasteiger partial charge >= 0.3 is 0 Å². The average molecular weight is 243 g/mol. The van der Waals surface area contributed by atoms with E-state index in [1.807, 2.05) is 13.0 Å². The van der Waals surface area contributed by atoms with Crippen molar-refractivity contribution in [3.8, 4) is 5.88 Å². The molecule has 16 heavy (non-hydrogen) atoms. The third kappa shape index (κ3) is 3.35. The lowest BCUT2D eigenvalue weighted by molar-refractivity contribution is 0.155. The molecule has 0 unspecified atom stereocenters. The molecule has 1 aliphatic rings. The van der Waals surface area contributed by atoms with Crippen molar-refractivity contribution in [3.05, 3.63) is 23.4 Å². The third-order valence-corrected chi connectivity index (χ3v) is 2.90. The monoisotopic (exact) mass is 242 g/mol. The molecular formula is C12H19ClN2O. The van der Waals surface area contributed by atoms with E-state index < -0.39 is 0 Å². The largest absolute Gasteiger partial charge is 0.474 e. The van der Waals surface area contributed by atoms with E-state index in [0.717, 1.165) is 37.5 Å². The summed E-state index contributed by atoms with van der Waals surface area (Å²) in [5, 5.41) is 3.32. The van der Waals surface area contributed by atoms with Gasteiger partial charge in [0.25, 0.3) is 0 Å². The summed E-state index contributed by atoms with van der Waals surface area (Å²) in [6.45, 7) is 6.19. The second-order valence-electron chi connectivity index (χ2n) is 4.12. The van der Waals surface area contributed by atoms with Crippen LogP contribution in [0.4, 0.5) is 0 Å². The van der Waals surface area contributed by atoms with Crippen molar-refractivity contribution in [1.82, 2.24) is 10.3 Å². The van der Waals surface area contributed by atoms with Crippen LogP contribution in [0.2, 0.25) is 0 Å². The number of aryl methyl sites for hydroxylation is 2. The lowest BCUT2D eigenvalue weighted by Crippen LogP contribution is -2.34. The van der Waals surface area contributed by atoms with Gasteiger partial charge in [0.2, 0.25) is 5.88 Å². The first-order valence-corrected chi connectivity index (χ1v) is 5.57. The van der Waals surface area contributed by atoms with Gasteiger partial charge in [-0.15, -0.1) is 12.4 Å². The molecule has 2 rings (SSSR count). The number of rotatable bonds is 2. The molecule has 1 aliphatic heterocycles. The maximum Gasteiger partial charge on any atom is 0.213 e. The second kappa shape index (κ2) is 6.06. The molecule has 1 aromatic rings. The van der Waals surface area contributed by atoms with E-state index in [1.165, 1.54) is 5.56 Å². The lowest BCUT2D eigenvalue weighted by atomic mass is 10.1. The molecule has 0 amide bonds. The SMILES string of the molecule is Cc1ccc(OC2CCNCC2)nc1C.Cl. The Hall–Kier alpha value is -0.800. The fourth-order valence-electron chi connectivity index (χ4n) is 1.76. The van der Waals surface area contributed by atoms with Gasteiger partial charge in [-0.25, -0.2) is 4.98 Å². The summed E-state index contributed by atoms with van der Waals surface area (Å²) < 4.78 is 5.84. The van der Waals surface area contributed by atoms with Crippen LogP contribution in [-0.4, -0.2) is 24.2 Å². The molecule has 0 bridgehead atoms. The van der Waals surface area contributed by atoms with E-state index in [1.54, 1.807) is 0 Å². The Kier molecular flexibility index (Phi) is 5.03. The van der Waals surface area contributed by atoms with Crippen molar-refractivity contribution >= 4 is 12.4 Å². The van der Waals surface area contributed by atoms with E-state index in [4.69, 9.17) is 4.74 Å². The number of ether oxygens (including phenoxy) is 1. The Morgan fingerprint density at radius 2 is 1.94 bits per heavy atom. The Balaban J connectivity index is 0.00000128. The normalized spacial score (nSPS) is 16.6. The van der Waals surface area contributed by atoms with E-state index >= 15 is 0 Å². The molecule has 1 N–H and O–H groups in total. The van der Waals surface area contributed by atoms with Crippen LogP contribution in [0.25, 0.3) is 0 Å². The number of piperidine rings is 1. The van der Waals surface area contributed by atoms with Crippen molar-refractivity contribution in [2.24, 2.45) is 0 Å². The smallest absolute Gasteiger partial charge is 0.213 e. The highest BCUT2D eigenvalue weighted by molar-refractivity contribution is 5.85. The van der Waals surface area contributed by atoms with Gasteiger partial charge in [-0.1, -0.05) is 6.07 Å². The van der Waals surface area contributed by atoms with Crippen LogP contribution in [0, 0.1) is 13.8 Å². The zero-order chi connectivity index (χ0) is 10.7. The van der Waals surface area contributed by atoms with E-state index in [9.17, 15) is 0 Å². The van der Waals surface area contributed by atoms with Gasteiger partial charge in [-0.05, 0) is 45.3 Å². The van der Waals surface area contributed by atoms with Gasteiger partial charge < -0.3 is 10.1 Å². The van der Waals surface area contributed by atoms with Crippen molar-refractivity contribution < 1.29 is 4.74 Å². The highest BCUT2D eigenvalue weighted by Gasteiger charge is 2.14. The minimum atomic E-state index is 0. The van der Waals surface area contributed by atoms with Gasteiger partial charge in [-0.3, -0.25) is 0 Å². The Morgan fingerprint density at radius 3 is 2.56 bits per heavy atom. The average Bonchev–Trinajstić information content (AvgIpc) is 2.25. The van der Waals surface area contributed by atoms with Crippen LogP contribution in [-0.2, 0) is 0 Å². The number of hydrogen-bond donors (Lipinski definition) is 1. The Morgan fingerprint density at radius 1 is 1.25 bits per heavy atom. The summed E-state index contributed by atoms with van der Waals surface area (Å²) >= 11 is 0. The van der Waals surface area contributed by atoms with Crippen molar-refractivity contribution in [2.45, 2.75) is 32.8 Å². The van der Waals surface area contributed by atoms with Crippen LogP contribution < -0.4 is 10.1 Å². The molecule has 0 aromatic carbocycles. The molecule has 0 aliphatic carbocycles. The number of pyridine rings is 1. The molecule has 0 saturated carbocycles. The van der Waals surface area contributed by atoms with Gasteiger partial charge in [0, 0.05) is 11.8 Å². The van der Waals surface area contributed by atoms with E-state index in [2.05, 4.69) is 23.3 Å². The zero-order valence-corrected chi connectivity index (χ0v) is 10.6. The van der Waals surface area contributed by atoms with Gasteiger partial charge in [0.1, 0.15) is 6.10 Å². The van der Waals surface area contributed by atoms with E-state index in [-0.39, 0.29) is 12.4 Å². The Labute approximate surface area is 103 Å². The first kappa shape index (κ1) is 13.3. The fraction of sp³-hybridized carbons (Fsp3) is 0.583. The summed E-state index contributed by atoms with van der Waals surface area (Å²) in [4.78, 5) is 4.42. The minimum Gasteiger partial charge on any atom is -0.474 e. The number of hydrogen-bond acceptors (Lipinski definition) is 3. The topological polar surface area (TPSA) is 34.1 Å². The Bertz CT molecular complexity index is 338. The van der Waals surface area contributed by atoms with Gasteiger partial charge in [-0.2, -0.15) is 0 Å². The standard InChI is InChI=1S/C12H18N2O.ClH/c1-9-3-4-12(14-10(9)2)15-11-5-7-13-8-6-11;/h3-4,11,13H,5-8H2,1-2H3;1H. The molecule has 0 atom stereocenters. The van der Waals surface area contributed by atoms with Crippen molar-refractivity contribution in [3.63, 3.8) is 0 Å². The van der Waals surface area contributed by atoms with Crippen molar-refractivity contribution in [1.29, 1.82) is 0 Å². The number of nitrogens with one attached hydrogen (secondary N) is 1. The van der Waals surface area contributed by atoms with Crippen LogP contribution in [0.3, 0.4) is 0 Å². The maximum atomic E-state index is 5.84. The number of aromatic nitrogens is 1. The molecule has 90 valence electrons. The summed E-state index contributed by atoms with van der Waals surface area (Å²) in [6, 6.07) is 4.03. The predicted molar refractivity (Wildman–Crippen MR) is 67.5 cm³/mol. The maximum absolute atomic E-state index is 5.84. The lowest BCUT2D eigenvalue weighted by Gasteiger charge is -2.23.